The van der Waals surface area contributed by atoms with Crippen LogP contribution in [0.2, 0.25) is 10.0 Å². The molecule has 0 unspecified atom stereocenters. The number of para-hydroxylation sites is 1. The number of halogens is 2. The second kappa shape index (κ2) is 8.96. The lowest BCUT2D eigenvalue weighted by molar-refractivity contribution is -0.116. The molecule has 1 fully saturated rings. The number of hydrogen-bond donors (Lipinski definition) is 2. The minimum atomic E-state index is -0.508. The summed E-state index contributed by atoms with van der Waals surface area (Å²) in [6.07, 6.45) is 2.98. The van der Waals surface area contributed by atoms with E-state index in [4.69, 9.17) is 28.3 Å². The maximum absolute atomic E-state index is 13.1. The fraction of sp³-hybridized carbons (Fsp3) is 0.391. The van der Waals surface area contributed by atoms with Gasteiger partial charge in [-0.2, -0.15) is 5.10 Å². The lowest BCUT2D eigenvalue weighted by Gasteiger charge is -2.29. The van der Waals surface area contributed by atoms with Crippen LogP contribution in [0.4, 0.5) is 5.69 Å². The zero-order valence-corrected chi connectivity index (χ0v) is 18.3. The molecular weight excluding hydrogens is 421 g/mol. The lowest BCUT2D eigenvalue weighted by Crippen LogP contribution is -2.48. The first-order chi connectivity index (χ1) is 14.5. The van der Waals surface area contributed by atoms with Crippen molar-refractivity contribution in [2.45, 2.75) is 50.8 Å². The minimum absolute atomic E-state index is 0.178. The number of aliphatic hydroxyl groups excluding tert-OH is 1. The van der Waals surface area contributed by atoms with Crippen molar-refractivity contribution in [2.24, 2.45) is 11.0 Å². The van der Waals surface area contributed by atoms with Gasteiger partial charge in [0.25, 0.3) is 5.91 Å². The van der Waals surface area contributed by atoms with Crippen LogP contribution in [0, 0.1) is 5.92 Å². The quantitative estimate of drug-likeness (QED) is 0.698. The molecule has 7 heteroatoms. The topological polar surface area (TPSA) is 64.9 Å². The average molecular weight is 446 g/mol. The van der Waals surface area contributed by atoms with Gasteiger partial charge in [-0.25, -0.2) is 0 Å². The van der Waals surface area contributed by atoms with Gasteiger partial charge in [0.1, 0.15) is 5.71 Å². The summed E-state index contributed by atoms with van der Waals surface area (Å²) in [5.41, 5.74) is 2.18. The molecular formula is C23H25Cl2N3O2. The predicted octanol–water partition coefficient (Wildman–Crippen LogP) is 4.97. The number of aliphatic hydroxyl groups is 1. The van der Waals surface area contributed by atoms with Crippen molar-refractivity contribution in [3.8, 4) is 0 Å². The van der Waals surface area contributed by atoms with E-state index in [0.717, 1.165) is 30.5 Å². The zero-order chi connectivity index (χ0) is 21.3. The van der Waals surface area contributed by atoms with Crippen molar-refractivity contribution in [3.05, 3.63) is 64.1 Å². The Labute approximate surface area is 186 Å². The fourth-order valence-corrected chi connectivity index (χ4v) is 4.68. The number of hydrogen-bond acceptors (Lipinski definition) is 4. The predicted molar refractivity (Wildman–Crippen MR) is 121 cm³/mol. The molecule has 0 saturated heterocycles. The molecule has 2 N–H and O–H groups in total. The summed E-state index contributed by atoms with van der Waals surface area (Å²) in [4.78, 5) is 13.1. The van der Waals surface area contributed by atoms with E-state index in [1.165, 1.54) is 0 Å². The third kappa shape index (κ3) is 4.20. The molecule has 5 nitrogen and oxygen atoms in total. The maximum Gasteiger partial charge on any atom is 0.268 e. The second-order valence-electron chi connectivity index (χ2n) is 8.00. The summed E-state index contributed by atoms with van der Waals surface area (Å²) in [6, 6.07) is 14.6. The molecule has 4 atom stereocenters. The highest BCUT2D eigenvalue weighted by Gasteiger charge is 2.40. The van der Waals surface area contributed by atoms with Crippen molar-refractivity contribution < 1.29 is 9.90 Å². The Kier molecular flexibility index (Phi) is 6.32. The molecule has 30 heavy (non-hydrogen) atoms. The molecule has 0 spiro atoms. The third-order valence-electron chi connectivity index (χ3n) is 5.97. The van der Waals surface area contributed by atoms with Gasteiger partial charge < -0.3 is 10.4 Å². The van der Waals surface area contributed by atoms with Crippen LogP contribution in [0.15, 0.2) is 53.6 Å². The average Bonchev–Trinajstić information content (AvgIpc) is 3.08. The van der Waals surface area contributed by atoms with Crippen LogP contribution in [0.25, 0.3) is 0 Å². The van der Waals surface area contributed by atoms with Crippen LogP contribution in [0.5, 0.6) is 0 Å². The van der Waals surface area contributed by atoms with E-state index < -0.39 is 6.10 Å². The first-order valence-electron chi connectivity index (χ1n) is 10.3. The highest BCUT2D eigenvalue weighted by molar-refractivity contribution is 6.41. The molecule has 2 aromatic carbocycles. The Bertz CT molecular complexity index is 948. The first kappa shape index (κ1) is 21.2. The number of hydrazone groups is 1. The largest absolute Gasteiger partial charge is 0.391 e. The zero-order valence-electron chi connectivity index (χ0n) is 16.8. The molecule has 1 saturated carbocycles. The van der Waals surface area contributed by atoms with Crippen molar-refractivity contribution in [1.82, 2.24) is 5.32 Å². The van der Waals surface area contributed by atoms with E-state index in [2.05, 4.69) is 5.32 Å². The number of rotatable bonds is 4. The summed E-state index contributed by atoms with van der Waals surface area (Å²) in [5.74, 6) is -0.412. The van der Waals surface area contributed by atoms with Crippen LogP contribution >= 0.6 is 23.2 Å². The highest BCUT2D eigenvalue weighted by atomic mass is 35.5. The Morgan fingerprint density at radius 2 is 1.80 bits per heavy atom. The molecule has 2 aromatic rings. The van der Waals surface area contributed by atoms with Crippen molar-refractivity contribution in [2.75, 3.05) is 5.01 Å². The van der Waals surface area contributed by atoms with Crippen LogP contribution in [0.3, 0.4) is 0 Å². The number of amides is 1. The number of nitrogens with zero attached hydrogens (tertiary/aromatic N) is 2. The van der Waals surface area contributed by atoms with Crippen molar-refractivity contribution >= 4 is 40.5 Å². The normalized spacial score (nSPS) is 26.4. The van der Waals surface area contributed by atoms with E-state index in [0.29, 0.717) is 22.2 Å². The summed E-state index contributed by atoms with van der Waals surface area (Å²) in [7, 11) is 0. The molecule has 0 radical (unpaired) electrons. The van der Waals surface area contributed by atoms with E-state index in [9.17, 15) is 9.90 Å². The summed E-state index contributed by atoms with van der Waals surface area (Å²) < 4.78 is 0. The Morgan fingerprint density at radius 1 is 1.10 bits per heavy atom. The molecule has 1 amide bonds. The number of carbonyl (C=O) groups excluding carboxylic acids is 1. The van der Waals surface area contributed by atoms with Gasteiger partial charge >= 0.3 is 0 Å². The van der Waals surface area contributed by atoms with Gasteiger partial charge in [0.15, 0.2) is 0 Å². The molecule has 1 aliphatic heterocycles. The lowest BCUT2D eigenvalue weighted by atomic mass is 9.89. The molecule has 4 rings (SSSR count). The van der Waals surface area contributed by atoms with Gasteiger partial charge in [-0.1, -0.05) is 67.2 Å². The number of nitrogens with one attached hydrogen (secondary N) is 1. The Morgan fingerprint density at radius 3 is 2.50 bits per heavy atom. The molecule has 0 aromatic heterocycles. The van der Waals surface area contributed by atoms with Gasteiger partial charge in [-0.05, 0) is 42.7 Å². The standard InChI is InChI=1S/C23H25Cl2N3O2/c1-14-21(23(30)26-18-7-3-5-9-20(18)29)27-28(19-8-4-2-6-17(19)25)22(14)15-10-12-16(24)13-11-15/h2,4,6,8,10-14,18,20,22,29H,3,5,7,9H2,1H3,(H,26,30)/t14-,18-,20-,22+/m0/s1. The van der Waals surface area contributed by atoms with Gasteiger partial charge in [-0.3, -0.25) is 9.80 Å². The van der Waals surface area contributed by atoms with E-state index in [1.807, 2.05) is 60.5 Å². The van der Waals surface area contributed by atoms with Gasteiger partial charge in [0, 0.05) is 10.9 Å². The van der Waals surface area contributed by atoms with Gasteiger partial charge in [-0.15, -0.1) is 0 Å². The summed E-state index contributed by atoms with van der Waals surface area (Å²) in [6.45, 7) is 1.99. The highest BCUT2D eigenvalue weighted by Crippen LogP contribution is 2.41. The molecule has 1 heterocycles. The molecule has 2 aliphatic rings. The third-order valence-corrected chi connectivity index (χ3v) is 6.54. The summed E-state index contributed by atoms with van der Waals surface area (Å²) >= 11 is 12.5. The SMILES string of the molecule is C[C@H]1C(C(=O)N[C@H]2CCCC[C@@H]2O)=NN(c2ccccc2Cl)[C@H]1c1ccc(Cl)cc1. The minimum Gasteiger partial charge on any atom is -0.391 e. The van der Waals surface area contributed by atoms with Gasteiger partial charge in [0.05, 0.1) is 28.9 Å². The smallest absolute Gasteiger partial charge is 0.268 e. The molecule has 1 aliphatic carbocycles. The van der Waals surface area contributed by atoms with Crippen molar-refractivity contribution in [3.63, 3.8) is 0 Å². The van der Waals surface area contributed by atoms with E-state index in [1.54, 1.807) is 0 Å². The van der Waals surface area contributed by atoms with Crippen LogP contribution in [-0.2, 0) is 4.79 Å². The maximum atomic E-state index is 13.1. The second-order valence-corrected chi connectivity index (χ2v) is 8.84. The molecule has 0 bridgehead atoms. The number of benzene rings is 2. The Balaban J connectivity index is 1.67. The van der Waals surface area contributed by atoms with E-state index >= 15 is 0 Å². The van der Waals surface area contributed by atoms with Crippen LogP contribution in [0.1, 0.15) is 44.2 Å². The summed E-state index contributed by atoms with van der Waals surface area (Å²) in [5, 5.41) is 21.0. The van der Waals surface area contributed by atoms with Gasteiger partial charge in [0.2, 0.25) is 0 Å². The van der Waals surface area contributed by atoms with Crippen LogP contribution < -0.4 is 10.3 Å². The monoisotopic (exact) mass is 445 g/mol. The number of anilines is 1. The number of carbonyl (C=O) groups is 1. The molecule has 158 valence electrons. The first-order valence-corrected chi connectivity index (χ1v) is 11.1. The Hall–Kier alpha value is -2.08. The van der Waals surface area contributed by atoms with Crippen LogP contribution in [-0.4, -0.2) is 28.9 Å². The fourth-order valence-electron chi connectivity index (χ4n) is 4.34. The van der Waals surface area contributed by atoms with E-state index in [-0.39, 0.29) is 23.9 Å². The van der Waals surface area contributed by atoms with Crippen molar-refractivity contribution in [1.29, 1.82) is 0 Å².